The molecule has 0 amide bonds. The lowest BCUT2D eigenvalue weighted by Crippen LogP contribution is -2.09. The van der Waals surface area contributed by atoms with Gasteiger partial charge in [0.15, 0.2) is 0 Å². The summed E-state index contributed by atoms with van der Waals surface area (Å²) >= 11 is -0.217. The Morgan fingerprint density at radius 2 is 2.04 bits per heavy atom. The number of halogens is 3. The van der Waals surface area contributed by atoms with Crippen molar-refractivity contribution >= 4 is 28.4 Å². The number of thioether (sulfide) groups is 1. The molecule has 4 nitrogen and oxygen atoms in total. The fraction of sp³-hybridized carbons (Fsp3) is 0.200. The van der Waals surface area contributed by atoms with Crippen molar-refractivity contribution in [1.29, 1.82) is 5.26 Å². The molecule has 0 bridgehead atoms. The fourth-order valence-corrected chi connectivity index (χ4v) is 2.56. The molecule has 0 aliphatic heterocycles. The number of carbonyl (C=O) groups is 1. The first-order chi connectivity index (χ1) is 10.7. The third-order valence-corrected chi connectivity index (χ3v) is 3.54. The predicted molar refractivity (Wildman–Crippen MR) is 81.9 cm³/mol. The van der Waals surface area contributed by atoms with Crippen molar-refractivity contribution in [3.8, 4) is 6.07 Å². The van der Waals surface area contributed by atoms with E-state index >= 15 is 0 Å². The molecule has 2 aromatic rings. The van der Waals surface area contributed by atoms with E-state index in [0.717, 1.165) is 0 Å². The van der Waals surface area contributed by atoms with Gasteiger partial charge in [-0.05, 0) is 36.0 Å². The molecule has 1 aromatic heterocycles. The van der Waals surface area contributed by atoms with Gasteiger partial charge in [0, 0.05) is 36.1 Å². The zero-order chi connectivity index (χ0) is 17.2. The lowest BCUT2D eigenvalue weighted by Gasteiger charge is -2.04. The number of carbonyl (C=O) groups excluding carboxylic acids is 1. The van der Waals surface area contributed by atoms with Crippen molar-refractivity contribution in [2.45, 2.75) is 10.4 Å². The number of aromatic nitrogens is 1. The molecule has 23 heavy (non-hydrogen) atoms. The van der Waals surface area contributed by atoms with Crippen LogP contribution in [0.25, 0.3) is 10.9 Å². The monoisotopic (exact) mass is 339 g/mol. The highest BCUT2D eigenvalue weighted by molar-refractivity contribution is 8.00. The number of nitrogens with zero attached hydrogens (tertiary/aromatic N) is 2. The minimum absolute atomic E-state index is 0.0346. The third-order valence-electron chi connectivity index (χ3n) is 2.82. The van der Waals surface area contributed by atoms with E-state index in [4.69, 9.17) is 5.26 Å². The van der Waals surface area contributed by atoms with Crippen LogP contribution in [0.1, 0.15) is 10.5 Å². The molecule has 0 spiro atoms. The highest BCUT2D eigenvalue weighted by atomic mass is 32.2. The Morgan fingerprint density at radius 1 is 1.35 bits per heavy atom. The van der Waals surface area contributed by atoms with Crippen molar-refractivity contribution in [3.63, 3.8) is 0 Å². The van der Waals surface area contributed by atoms with Crippen LogP contribution in [0.3, 0.4) is 0 Å². The van der Waals surface area contributed by atoms with E-state index in [-0.39, 0.29) is 27.9 Å². The quantitative estimate of drug-likeness (QED) is 0.397. The summed E-state index contributed by atoms with van der Waals surface area (Å²) in [6.45, 7) is 0. The number of nitriles is 1. The van der Waals surface area contributed by atoms with Crippen LogP contribution in [-0.2, 0) is 0 Å². The van der Waals surface area contributed by atoms with Gasteiger partial charge in [0.1, 0.15) is 11.6 Å². The van der Waals surface area contributed by atoms with E-state index in [1.165, 1.54) is 30.5 Å². The molecule has 1 aromatic carbocycles. The number of ketones is 1. The molecule has 0 atom stereocenters. The van der Waals surface area contributed by atoms with Crippen molar-refractivity contribution in [3.05, 3.63) is 41.7 Å². The van der Waals surface area contributed by atoms with E-state index in [9.17, 15) is 18.0 Å². The summed E-state index contributed by atoms with van der Waals surface area (Å²) in [7, 11) is 3.35. The predicted octanol–water partition coefficient (Wildman–Crippen LogP) is 3.93. The smallest absolute Gasteiger partial charge is 0.382 e. The number of allylic oxidation sites excluding steroid dienone is 1. The standard InChI is InChI=1S/C15H12F3N3OS/c1-21(2)8-10(7-19)14(22)13-6-9-5-11(23-15(16,17)18)3-4-12(9)20-13/h3-6,8,20H,1-2H3/b10-8-. The maximum Gasteiger partial charge on any atom is 0.446 e. The van der Waals surface area contributed by atoms with Gasteiger partial charge in [-0.2, -0.15) is 18.4 Å². The van der Waals surface area contributed by atoms with Crippen LogP contribution in [-0.4, -0.2) is 35.3 Å². The topological polar surface area (TPSA) is 59.9 Å². The second-order valence-electron chi connectivity index (χ2n) is 4.93. The van der Waals surface area contributed by atoms with Gasteiger partial charge in [-0.1, -0.05) is 0 Å². The number of fused-ring (bicyclic) bond motifs is 1. The summed E-state index contributed by atoms with van der Waals surface area (Å²) in [6, 6.07) is 7.41. The molecular formula is C15H12F3N3OS. The molecule has 0 unspecified atom stereocenters. The molecule has 2 rings (SSSR count). The van der Waals surface area contributed by atoms with Crippen molar-refractivity contribution in [1.82, 2.24) is 9.88 Å². The number of H-pyrrole nitrogens is 1. The van der Waals surface area contributed by atoms with Gasteiger partial charge in [0.05, 0.1) is 5.69 Å². The molecule has 0 fully saturated rings. The SMILES string of the molecule is CN(C)/C=C(/C#N)C(=O)c1cc2cc(SC(F)(F)F)ccc2[nH]1. The number of hydrogen-bond acceptors (Lipinski definition) is 4. The Kier molecular flexibility index (Phi) is 4.71. The fourth-order valence-electron chi connectivity index (χ4n) is 1.97. The van der Waals surface area contributed by atoms with Crippen LogP contribution in [0.4, 0.5) is 13.2 Å². The molecule has 0 aliphatic carbocycles. The van der Waals surface area contributed by atoms with Crippen LogP contribution in [0.2, 0.25) is 0 Å². The van der Waals surface area contributed by atoms with Crippen LogP contribution in [0.5, 0.6) is 0 Å². The van der Waals surface area contributed by atoms with E-state index in [0.29, 0.717) is 10.9 Å². The zero-order valence-corrected chi connectivity index (χ0v) is 13.0. The van der Waals surface area contributed by atoms with E-state index in [2.05, 4.69) is 4.98 Å². The van der Waals surface area contributed by atoms with Crippen molar-refractivity contribution < 1.29 is 18.0 Å². The van der Waals surface area contributed by atoms with Crippen LogP contribution < -0.4 is 0 Å². The Morgan fingerprint density at radius 3 is 2.61 bits per heavy atom. The Labute approximate surface area is 134 Å². The van der Waals surface area contributed by atoms with Gasteiger partial charge in [-0.25, -0.2) is 0 Å². The molecule has 120 valence electrons. The average Bonchev–Trinajstić information content (AvgIpc) is 2.85. The summed E-state index contributed by atoms with van der Waals surface area (Å²) in [5.74, 6) is -0.512. The largest absolute Gasteiger partial charge is 0.446 e. The summed E-state index contributed by atoms with van der Waals surface area (Å²) in [5.41, 5.74) is -3.75. The first-order valence-electron chi connectivity index (χ1n) is 6.41. The minimum atomic E-state index is -4.37. The first kappa shape index (κ1) is 17.0. The minimum Gasteiger partial charge on any atom is -0.382 e. The molecule has 0 saturated heterocycles. The van der Waals surface area contributed by atoms with Crippen molar-refractivity contribution in [2.24, 2.45) is 0 Å². The second-order valence-corrected chi connectivity index (χ2v) is 6.07. The lowest BCUT2D eigenvalue weighted by molar-refractivity contribution is -0.0328. The van der Waals surface area contributed by atoms with Gasteiger partial charge >= 0.3 is 5.51 Å². The van der Waals surface area contributed by atoms with Crippen LogP contribution >= 0.6 is 11.8 Å². The Balaban J connectivity index is 2.37. The third kappa shape index (κ3) is 4.29. The maximum atomic E-state index is 12.4. The average molecular weight is 339 g/mol. The highest BCUT2D eigenvalue weighted by Crippen LogP contribution is 2.37. The summed E-state index contributed by atoms with van der Waals surface area (Å²) in [4.78, 5) is 16.7. The molecule has 8 heteroatoms. The van der Waals surface area contributed by atoms with E-state index < -0.39 is 11.3 Å². The number of Topliss-reactive ketones (excluding diaryl/α,β-unsaturated/α-hetero) is 1. The van der Waals surface area contributed by atoms with Gasteiger partial charge < -0.3 is 9.88 Å². The van der Waals surface area contributed by atoms with E-state index in [1.54, 1.807) is 19.0 Å². The Bertz CT molecular complexity index is 815. The van der Waals surface area contributed by atoms with Gasteiger partial charge in [0.25, 0.3) is 0 Å². The Hall–Kier alpha value is -2.40. The first-order valence-corrected chi connectivity index (χ1v) is 7.23. The number of rotatable bonds is 4. The molecule has 0 saturated carbocycles. The summed E-state index contributed by atoms with van der Waals surface area (Å²) < 4.78 is 37.2. The maximum absolute atomic E-state index is 12.4. The zero-order valence-electron chi connectivity index (χ0n) is 12.2. The van der Waals surface area contributed by atoms with Gasteiger partial charge in [-0.15, -0.1) is 0 Å². The highest BCUT2D eigenvalue weighted by Gasteiger charge is 2.29. The number of hydrogen-bond donors (Lipinski definition) is 1. The summed E-state index contributed by atoms with van der Waals surface area (Å²) in [5, 5.41) is 9.52. The molecule has 1 N–H and O–H groups in total. The number of aromatic amines is 1. The molecular weight excluding hydrogens is 327 g/mol. The molecule has 0 radical (unpaired) electrons. The molecule has 1 heterocycles. The number of nitrogens with one attached hydrogen (secondary N) is 1. The van der Waals surface area contributed by atoms with Gasteiger partial charge in [0.2, 0.25) is 5.78 Å². The molecule has 0 aliphatic rings. The van der Waals surface area contributed by atoms with E-state index in [1.807, 2.05) is 6.07 Å². The normalized spacial score (nSPS) is 12.3. The van der Waals surface area contributed by atoms with Crippen LogP contribution in [0, 0.1) is 11.3 Å². The van der Waals surface area contributed by atoms with Crippen LogP contribution in [0.15, 0.2) is 40.9 Å². The number of alkyl halides is 3. The van der Waals surface area contributed by atoms with Crippen molar-refractivity contribution in [2.75, 3.05) is 14.1 Å². The summed E-state index contributed by atoms with van der Waals surface area (Å²) in [6.07, 6.45) is 1.39. The second kappa shape index (κ2) is 6.38. The number of benzene rings is 1. The van der Waals surface area contributed by atoms with Gasteiger partial charge in [-0.3, -0.25) is 4.79 Å². The lowest BCUT2D eigenvalue weighted by atomic mass is 10.1.